The molecule has 166 valence electrons. The fourth-order valence-electron chi connectivity index (χ4n) is 3.71. The van der Waals surface area contributed by atoms with Crippen LogP contribution in [0.2, 0.25) is 0 Å². The number of nitrogens with one attached hydrogen (secondary N) is 1. The van der Waals surface area contributed by atoms with Crippen LogP contribution in [0, 0.1) is 5.41 Å². The Morgan fingerprint density at radius 1 is 0.909 bits per heavy atom. The van der Waals surface area contributed by atoms with Gasteiger partial charge >= 0.3 is 0 Å². The van der Waals surface area contributed by atoms with Gasteiger partial charge < -0.3 is 21.9 Å². The van der Waals surface area contributed by atoms with E-state index < -0.39 is 0 Å². The van der Waals surface area contributed by atoms with Crippen LogP contribution >= 0.6 is 0 Å². The molecule has 1 aromatic heterocycles. The van der Waals surface area contributed by atoms with Gasteiger partial charge in [0, 0.05) is 28.4 Å². The molecule has 0 aliphatic heterocycles. The van der Waals surface area contributed by atoms with E-state index >= 15 is 0 Å². The lowest BCUT2D eigenvalue weighted by Crippen LogP contribution is -2.30. The summed E-state index contributed by atoms with van der Waals surface area (Å²) < 4.78 is 6.02. The summed E-state index contributed by atoms with van der Waals surface area (Å²) in [7, 11) is 0. The van der Waals surface area contributed by atoms with E-state index in [0.717, 1.165) is 28.8 Å². The van der Waals surface area contributed by atoms with Gasteiger partial charge in [0.1, 0.15) is 18.2 Å². The topological polar surface area (TPSA) is 124 Å². The van der Waals surface area contributed by atoms with Crippen molar-refractivity contribution in [1.82, 2.24) is 4.98 Å². The van der Waals surface area contributed by atoms with Crippen molar-refractivity contribution in [2.75, 3.05) is 12.3 Å². The summed E-state index contributed by atoms with van der Waals surface area (Å²) in [6.45, 7) is 0.362. The normalized spacial score (nSPS) is 11.7. The molecule has 1 atom stereocenters. The number of amidine groups is 1. The number of hydrogen-bond acceptors (Lipinski definition) is 5. The average molecular weight is 438 g/mol. The van der Waals surface area contributed by atoms with Crippen molar-refractivity contribution in [3.8, 4) is 28.1 Å². The minimum Gasteiger partial charge on any atom is -0.490 e. The van der Waals surface area contributed by atoms with Gasteiger partial charge in [-0.2, -0.15) is 0 Å². The lowest BCUT2D eigenvalue weighted by Gasteiger charge is -2.16. The fourth-order valence-corrected chi connectivity index (χ4v) is 3.71. The van der Waals surface area contributed by atoms with Crippen molar-refractivity contribution in [3.05, 3.63) is 102 Å². The van der Waals surface area contributed by atoms with Crippen LogP contribution in [-0.2, 0) is 6.42 Å². The van der Waals surface area contributed by atoms with Crippen molar-refractivity contribution in [1.29, 1.82) is 5.41 Å². The zero-order chi connectivity index (χ0) is 23.2. The molecule has 0 radical (unpaired) electrons. The molecule has 0 amide bonds. The van der Waals surface area contributed by atoms with E-state index in [2.05, 4.69) is 12.1 Å². The Hall–Kier alpha value is -4.16. The quantitative estimate of drug-likeness (QED) is 0.187. The molecule has 3 aromatic carbocycles. The highest BCUT2D eigenvalue weighted by molar-refractivity contribution is 6.01. The largest absolute Gasteiger partial charge is 0.490 e. The summed E-state index contributed by atoms with van der Waals surface area (Å²) in [4.78, 5) is 4.70. The highest BCUT2D eigenvalue weighted by atomic mass is 16.5. The van der Waals surface area contributed by atoms with E-state index in [1.807, 2.05) is 66.7 Å². The molecule has 0 fully saturated rings. The maximum atomic E-state index is 7.84. The van der Waals surface area contributed by atoms with Crippen molar-refractivity contribution < 1.29 is 4.74 Å². The Morgan fingerprint density at radius 2 is 1.61 bits per heavy atom. The number of ether oxygens (including phenoxy) is 1. The van der Waals surface area contributed by atoms with Crippen molar-refractivity contribution >= 4 is 11.5 Å². The summed E-state index contributed by atoms with van der Waals surface area (Å²) in [5.41, 5.74) is 23.6. The average Bonchev–Trinajstić information content (AvgIpc) is 2.84. The van der Waals surface area contributed by atoms with Crippen molar-refractivity contribution in [3.63, 3.8) is 0 Å². The molecule has 6 heteroatoms. The molecule has 0 unspecified atom stereocenters. The monoisotopic (exact) mass is 437 g/mol. The molecule has 1 heterocycles. The maximum Gasteiger partial charge on any atom is 0.138 e. The Kier molecular flexibility index (Phi) is 6.66. The van der Waals surface area contributed by atoms with Crippen LogP contribution in [0.4, 0.5) is 5.69 Å². The summed E-state index contributed by atoms with van der Waals surface area (Å²) in [6, 6.07) is 27.3. The van der Waals surface area contributed by atoms with Gasteiger partial charge in [0.05, 0.1) is 11.9 Å². The number of nitrogens with zero attached hydrogens (tertiary/aromatic N) is 1. The molecule has 6 nitrogen and oxygen atoms in total. The van der Waals surface area contributed by atoms with E-state index in [-0.39, 0.29) is 11.9 Å². The summed E-state index contributed by atoms with van der Waals surface area (Å²) in [5.74, 6) is 0.539. The second-order valence-electron chi connectivity index (χ2n) is 7.91. The Labute approximate surface area is 193 Å². The first-order valence-corrected chi connectivity index (χ1v) is 10.7. The number of nitrogens with two attached hydrogens (primary N) is 3. The predicted octanol–water partition coefficient (Wildman–Crippen LogP) is 4.23. The third-order valence-electron chi connectivity index (χ3n) is 5.37. The van der Waals surface area contributed by atoms with E-state index in [1.165, 1.54) is 5.56 Å². The van der Waals surface area contributed by atoms with Gasteiger partial charge in [-0.15, -0.1) is 0 Å². The SMILES string of the molecule is N=C(N)c1cc(-c2cc(OC[C@@H](N)Cc3ccccc3)cnc2-c2ccccc2)ccc1N. The van der Waals surface area contributed by atoms with Gasteiger partial charge in [-0.1, -0.05) is 66.7 Å². The lowest BCUT2D eigenvalue weighted by atomic mass is 9.97. The van der Waals surface area contributed by atoms with E-state index in [1.54, 1.807) is 12.3 Å². The third kappa shape index (κ3) is 5.37. The standard InChI is InChI=1S/C27H27N5O/c28-21(13-18-7-3-1-4-8-18)17-33-22-15-23(20-11-12-25(29)24(14-20)27(30)31)26(32-16-22)19-9-5-2-6-10-19/h1-12,14-16,21H,13,17,28-29H2,(H3,30,31)/t21-/m0/s1. The maximum absolute atomic E-state index is 7.84. The third-order valence-corrected chi connectivity index (χ3v) is 5.37. The van der Waals surface area contributed by atoms with E-state index in [9.17, 15) is 0 Å². The molecular formula is C27H27N5O. The molecule has 7 N–H and O–H groups in total. The molecule has 0 spiro atoms. The smallest absolute Gasteiger partial charge is 0.138 e. The van der Waals surface area contributed by atoms with Crippen molar-refractivity contribution in [2.24, 2.45) is 11.5 Å². The highest BCUT2D eigenvalue weighted by Crippen LogP contribution is 2.34. The first kappa shape index (κ1) is 22.0. The Bertz CT molecular complexity index is 1240. The summed E-state index contributed by atoms with van der Waals surface area (Å²) in [5, 5.41) is 7.84. The van der Waals surface area contributed by atoms with E-state index in [4.69, 9.17) is 32.3 Å². The molecule has 4 rings (SSSR count). The van der Waals surface area contributed by atoms with Crippen LogP contribution in [0.1, 0.15) is 11.1 Å². The minimum atomic E-state index is -0.148. The second kappa shape index (κ2) is 9.97. The molecule has 33 heavy (non-hydrogen) atoms. The molecule has 0 aliphatic carbocycles. The first-order chi connectivity index (χ1) is 16.0. The van der Waals surface area contributed by atoms with E-state index in [0.29, 0.717) is 23.6 Å². The van der Waals surface area contributed by atoms with Gasteiger partial charge in [-0.3, -0.25) is 10.4 Å². The van der Waals surface area contributed by atoms with Crippen LogP contribution in [0.15, 0.2) is 91.1 Å². The number of nitrogen functional groups attached to an aromatic ring is 2. The van der Waals surface area contributed by atoms with Gasteiger partial charge in [0.15, 0.2) is 0 Å². The Morgan fingerprint density at radius 3 is 2.30 bits per heavy atom. The summed E-state index contributed by atoms with van der Waals surface area (Å²) >= 11 is 0. The first-order valence-electron chi connectivity index (χ1n) is 10.7. The second-order valence-corrected chi connectivity index (χ2v) is 7.91. The Balaban J connectivity index is 1.64. The van der Waals surface area contributed by atoms with Gasteiger partial charge in [0.2, 0.25) is 0 Å². The molecule has 0 aliphatic rings. The van der Waals surface area contributed by atoms with Crippen molar-refractivity contribution in [2.45, 2.75) is 12.5 Å². The molecule has 0 saturated carbocycles. The zero-order valence-electron chi connectivity index (χ0n) is 18.2. The van der Waals surface area contributed by atoms with Gasteiger partial charge in [0.25, 0.3) is 0 Å². The minimum absolute atomic E-state index is 0.0807. The van der Waals surface area contributed by atoms with Crippen LogP contribution in [-0.4, -0.2) is 23.5 Å². The van der Waals surface area contributed by atoms with Gasteiger partial charge in [-0.05, 0) is 35.7 Å². The predicted molar refractivity (Wildman–Crippen MR) is 134 cm³/mol. The zero-order valence-corrected chi connectivity index (χ0v) is 18.2. The highest BCUT2D eigenvalue weighted by Gasteiger charge is 2.14. The number of pyridine rings is 1. The van der Waals surface area contributed by atoms with Crippen LogP contribution in [0.25, 0.3) is 22.4 Å². The summed E-state index contributed by atoms with van der Waals surface area (Å²) in [6.07, 6.45) is 2.44. The molecular weight excluding hydrogens is 410 g/mol. The number of rotatable bonds is 8. The number of aromatic nitrogens is 1. The number of hydrogen-bond donors (Lipinski definition) is 4. The molecule has 4 aromatic rings. The van der Waals surface area contributed by atoms with Crippen LogP contribution in [0.5, 0.6) is 5.75 Å². The molecule has 0 saturated heterocycles. The lowest BCUT2D eigenvalue weighted by molar-refractivity contribution is 0.287. The van der Waals surface area contributed by atoms with Crippen LogP contribution < -0.4 is 21.9 Å². The molecule has 0 bridgehead atoms. The number of anilines is 1. The number of benzene rings is 3. The van der Waals surface area contributed by atoms with Gasteiger partial charge in [-0.25, -0.2) is 0 Å². The fraction of sp³-hybridized carbons (Fsp3) is 0.111. The van der Waals surface area contributed by atoms with Crippen LogP contribution in [0.3, 0.4) is 0 Å².